The molecule has 3 aliphatic rings. The number of anilines is 1. The van der Waals surface area contributed by atoms with Crippen LogP contribution in [-0.2, 0) is 19.5 Å². The number of aryl methyl sites for hydroxylation is 2. The summed E-state index contributed by atoms with van der Waals surface area (Å²) in [7, 11) is 0. The highest BCUT2D eigenvalue weighted by atomic mass is 15.3. The molecule has 6 heteroatoms. The van der Waals surface area contributed by atoms with Gasteiger partial charge in [-0.1, -0.05) is 0 Å². The summed E-state index contributed by atoms with van der Waals surface area (Å²) in [5, 5.41) is 4.72. The fourth-order valence-electron chi connectivity index (χ4n) is 5.33. The molecule has 2 atom stereocenters. The molecule has 27 heavy (non-hydrogen) atoms. The molecule has 0 amide bonds. The third-order valence-corrected chi connectivity index (χ3v) is 6.88. The van der Waals surface area contributed by atoms with Crippen molar-refractivity contribution in [2.45, 2.75) is 78.0 Å². The molecule has 0 aromatic carbocycles. The van der Waals surface area contributed by atoms with E-state index in [1.165, 1.54) is 53.9 Å². The molecule has 0 N–H and O–H groups in total. The van der Waals surface area contributed by atoms with E-state index >= 15 is 0 Å². The van der Waals surface area contributed by atoms with Crippen LogP contribution in [0.3, 0.4) is 0 Å². The van der Waals surface area contributed by atoms with Gasteiger partial charge in [-0.15, -0.1) is 0 Å². The second-order valence-corrected chi connectivity index (χ2v) is 8.35. The maximum atomic E-state index is 5.00. The molecule has 3 aliphatic heterocycles. The standard InChI is InChI=1S/C21H30N6/c1-4-27-15(3)18(14(2)24-27)13-26-16-7-8-20(26)17-12-22-21(23-19(17)11-16)25-9-5-6-10-25/h12,16,20H,4-11,13H2,1-3H3/t16-,20+/m0/s1. The summed E-state index contributed by atoms with van der Waals surface area (Å²) >= 11 is 0. The minimum absolute atomic E-state index is 0.468. The number of rotatable bonds is 4. The third kappa shape index (κ3) is 2.76. The highest BCUT2D eigenvalue weighted by Crippen LogP contribution is 2.44. The Morgan fingerprint density at radius 3 is 2.70 bits per heavy atom. The summed E-state index contributed by atoms with van der Waals surface area (Å²) < 4.78 is 2.13. The molecular formula is C21H30N6. The topological polar surface area (TPSA) is 50.1 Å². The molecule has 144 valence electrons. The summed E-state index contributed by atoms with van der Waals surface area (Å²) in [6.07, 6.45) is 8.22. The lowest BCUT2D eigenvalue weighted by Gasteiger charge is -2.36. The fourth-order valence-corrected chi connectivity index (χ4v) is 5.33. The lowest BCUT2D eigenvalue weighted by Crippen LogP contribution is -2.38. The van der Waals surface area contributed by atoms with Crippen molar-refractivity contribution >= 4 is 5.95 Å². The molecule has 2 bridgehead atoms. The van der Waals surface area contributed by atoms with Crippen molar-refractivity contribution in [3.05, 3.63) is 34.4 Å². The Morgan fingerprint density at radius 2 is 1.96 bits per heavy atom. The molecule has 0 unspecified atom stereocenters. The van der Waals surface area contributed by atoms with Gasteiger partial charge in [-0.25, -0.2) is 9.97 Å². The van der Waals surface area contributed by atoms with E-state index in [9.17, 15) is 0 Å². The Morgan fingerprint density at radius 1 is 1.15 bits per heavy atom. The Kier molecular flexibility index (Phi) is 4.19. The van der Waals surface area contributed by atoms with Crippen LogP contribution in [-0.4, -0.2) is 43.8 Å². The van der Waals surface area contributed by atoms with Gasteiger partial charge in [-0.2, -0.15) is 5.10 Å². The first-order valence-electron chi connectivity index (χ1n) is 10.5. The smallest absolute Gasteiger partial charge is 0.225 e. The second-order valence-electron chi connectivity index (χ2n) is 8.35. The van der Waals surface area contributed by atoms with Gasteiger partial charge in [-0.05, 0) is 46.5 Å². The van der Waals surface area contributed by atoms with E-state index in [2.05, 4.69) is 41.4 Å². The van der Waals surface area contributed by atoms with Crippen molar-refractivity contribution in [3.63, 3.8) is 0 Å². The molecule has 5 rings (SSSR count). The van der Waals surface area contributed by atoms with Crippen LogP contribution in [0.15, 0.2) is 6.20 Å². The SMILES string of the molecule is CCn1nc(C)c(CN2[C@H]3CC[C@@H]2c2cnc(N4CCCC4)nc2C3)c1C. The van der Waals surface area contributed by atoms with Gasteiger partial charge in [0.05, 0.1) is 11.4 Å². The maximum absolute atomic E-state index is 5.00. The van der Waals surface area contributed by atoms with Crippen LogP contribution < -0.4 is 4.90 Å². The lowest BCUT2D eigenvalue weighted by atomic mass is 9.98. The Labute approximate surface area is 161 Å². The molecule has 6 nitrogen and oxygen atoms in total. The molecule has 2 saturated heterocycles. The number of aromatic nitrogens is 4. The van der Waals surface area contributed by atoms with Crippen molar-refractivity contribution in [1.82, 2.24) is 24.6 Å². The number of nitrogens with zero attached hydrogens (tertiary/aromatic N) is 6. The van der Waals surface area contributed by atoms with Crippen LogP contribution in [0.2, 0.25) is 0 Å². The Bertz CT molecular complexity index is 851. The molecule has 0 aliphatic carbocycles. The van der Waals surface area contributed by atoms with E-state index in [0.717, 1.165) is 38.5 Å². The van der Waals surface area contributed by atoms with Crippen molar-refractivity contribution < 1.29 is 0 Å². The maximum Gasteiger partial charge on any atom is 0.225 e. The molecule has 2 fully saturated rings. The van der Waals surface area contributed by atoms with E-state index in [0.29, 0.717) is 12.1 Å². The zero-order chi connectivity index (χ0) is 18.5. The van der Waals surface area contributed by atoms with Gasteiger partial charge < -0.3 is 4.90 Å². The van der Waals surface area contributed by atoms with Gasteiger partial charge in [0, 0.05) is 67.7 Å². The Hall–Kier alpha value is -1.95. The number of hydrogen-bond acceptors (Lipinski definition) is 5. The predicted molar refractivity (Wildman–Crippen MR) is 106 cm³/mol. The fraction of sp³-hybridized carbons (Fsp3) is 0.667. The zero-order valence-electron chi connectivity index (χ0n) is 16.8. The van der Waals surface area contributed by atoms with Crippen LogP contribution in [0.4, 0.5) is 5.95 Å². The van der Waals surface area contributed by atoms with Crippen LogP contribution in [0.25, 0.3) is 0 Å². The molecule has 0 spiro atoms. The van der Waals surface area contributed by atoms with Crippen LogP contribution in [0, 0.1) is 13.8 Å². The van der Waals surface area contributed by atoms with Gasteiger partial charge in [-0.3, -0.25) is 9.58 Å². The van der Waals surface area contributed by atoms with E-state index < -0.39 is 0 Å². The number of fused-ring (bicyclic) bond motifs is 4. The summed E-state index contributed by atoms with van der Waals surface area (Å²) in [6, 6.07) is 1.07. The van der Waals surface area contributed by atoms with Crippen molar-refractivity contribution in [2.24, 2.45) is 0 Å². The summed E-state index contributed by atoms with van der Waals surface area (Å²) in [4.78, 5) is 14.8. The van der Waals surface area contributed by atoms with Gasteiger partial charge in [0.25, 0.3) is 0 Å². The number of hydrogen-bond donors (Lipinski definition) is 0. The molecule has 5 heterocycles. The zero-order valence-corrected chi connectivity index (χ0v) is 16.8. The van der Waals surface area contributed by atoms with Gasteiger partial charge >= 0.3 is 0 Å². The van der Waals surface area contributed by atoms with E-state index in [1.54, 1.807) is 0 Å². The third-order valence-electron chi connectivity index (χ3n) is 6.88. The second kappa shape index (κ2) is 6.59. The first kappa shape index (κ1) is 17.2. The first-order valence-corrected chi connectivity index (χ1v) is 10.5. The van der Waals surface area contributed by atoms with Crippen LogP contribution in [0.1, 0.15) is 66.9 Å². The van der Waals surface area contributed by atoms with Crippen molar-refractivity contribution in [1.29, 1.82) is 0 Å². The van der Waals surface area contributed by atoms with Crippen LogP contribution >= 0.6 is 0 Å². The highest BCUT2D eigenvalue weighted by molar-refractivity contribution is 5.38. The average molecular weight is 367 g/mol. The molecule has 2 aromatic heterocycles. The molecule has 0 radical (unpaired) electrons. The Balaban J connectivity index is 1.43. The first-order chi connectivity index (χ1) is 13.2. The van der Waals surface area contributed by atoms with Gasteiger partial charge in [0.2, 0.25) is 5.95 Å². The minimum atomic E-state index is 0.468. The molecular weight excluding hydrogens is 336 g/mol. The van der Waals surface area contributed by atoms with E-state index in [4.69, 9.17) is 15.1 Å². The summed E-state index contributed by atoms with van der Waals surface area (Å²) in [6.45, 7) is 10.7. The normalized spacial score (nSPS) is 24.6. The van der Waals surface area contributed by atoms with Crippen molar-refractivity contribution in [2.75, 3.05) is 18.0 Å². The summed E-state index contributed by atoms with van der Waals surface area (Å²) in [5.41, 5.74) is 6.58. The largest absolute Gasteiger partial charge is 0.341 e. The van der Waals surface area contributed by atoms with Crippen LogP contribution in [0.5, 0.6) is 0 Å². The van der Waals surface area contributed by atoms with Crippen molar-refractivity contribution in [3.8, 4) is 0 Å². The lowest BCUT2D eigenvalue weighted by molar-refractivity contribution is 0.165. The van der Waals surface area contributed by atoms with E-state index in [1.807, 2.05) is 0 Å². The summed E-state index contributed by atoms with van der Waals surface area (Å²) in [5.74, 6) is 0.954. The van der Waals surface area contributed by atoms with Gasteiger partial charge in [0.15, 0.2) is 0 Å². The van der Waals surface area contributed by atoms with E-state index in [-0.39, 0.29) is 0 Å². The highest BCUT2D eigenvalue weighted by Gasteiger charge is 2.41. The predicted octanol–water partition coefficient (Wildman–Crippen LogP) is 3.17. The van der Waals surface area contributed by atoms with Gasteiger partial charge in [0.1, 0.15) is 0 Å². The molecule has 2 aromatic rings. The quantitative estimate of drug-likeness (QED) is 0.832. The monoisotopic (exact) mass is 366 g/mol. The average Bonchev–Trinajstić information content (AvgIpc) is 3.36. The minimum Gasteiger partial charge on any atom is -0.341 e. The molecule has 0 saturated carbocycles.